The van der Waals surface area contributed by atoms with Gasteiger partial charge in [-0.2, -0.15) is 0 Å². The third kappa shape index (κ3) is 3.19. The first-order chi connectivity index (χ1) is 10.0. The molecule has 0 aliphatic heterocycles. The molecule has 116 valence electrons. The number of aliphatic hydroxyl groups excluding tert-OH is 1. The van der Waals surface area contributed by atoms with Gasteiger partial charge in [0.1, 0.15) is 5.69 Å². The molecule has 1 aromatic heterocycles. The van der Waals surface area contributed by atoms with Gasteiger partial charge in [0.2, 0.25) is 0 Å². The summed E-state index contributed by atoms with van der Waals surface area (Å²) in [5.74, 6) is 0.627. The van der Waals surface area contributed by atoms with Crippen molar-refractivity contribution in [1.29, 1.82) is 0 Å². The SMILES string of the molecule is CC1CCC(CO)(NC(=O)c2cc(Br)cn2C2CC2)CC1. The van der Waals surface area contributed by atoms with Gasteiger partial charge < -0.3 is 15.0 Å². The van der Waals surface area contributed by atoms with E-state index in [9.17, 15) is 9.90 Å². The van der Waals surface area contributed by atoms with Crippen molar-refractivity contribution in [2.24, 2.45) is 5.92 Å². The van der Waals surface area contributed by atoms with E-state index in [2.05, 4.69) is 32.7 Å². The number of aromatic nitrogens is 1. The Morgan fingerprint density at radius 1 is 1.43 bits per heavy atom. The highest BCUT2D eigenvalue weighted by molar-refractivity contribution is 9.10. The number of nitrogens with zero attached hydrogens (tertiary/aromatic N) is 1. The summed E-state index contributed by atoms with van der Waals surface area (Å²) < 4.78 is 3.01. The van der Waals surface area contributed by atoms with Gasteiger partial charge in [0, 0.05) is 16.7 Å². The molecule has 2 fully saturated rings. The molecule has 3 rings (SSSR count). The predicted octanol–water partition coefficient (Wildman–Crippen LogP) is 3.26. The highest BCUT2D eigenvalue weighted by Gasteiger charge is 2.36. The van der Waals surface area contributed by atoms with Crippen molar-refractivity contribution in [3.63, 3.8) is 0 Å². The van der Waals surface area contributed by atoms with Crippen LogP contribution in [-0.2, 0) is 0 Å². The van der Waals surface area contributed by atoms with E-state index in [4.69, 9.17) is 0 Å². The zero-order valence-corrected chi connectivity index (χ0v) is 14.0. The fraction of sp³-hybridized carbons (Fsp3) is 0.688. The van der Waals surface area contributed by atoms with Crippen molar-refractivity contribution in [3.05, 3.63) is 22.4 Å². The van der Waals surface area contributed by atoms with Crippen LogP contribution < -0.4 is 5.32 Å². The minimum absolute atomic E-state index is 0.0246. The summed E-state index contributed by atoms with van der Waals surface area (Å²) in [6.07, 6.45) is 8.13. The minimum atomic E-state index is -0.436. The lowest BCUT2D eigenvalue weighted by Crippen LogP contribution is -2.53. The number of nitrogens with one attached hydrogen (secondary N) is 1. The monoisotopic (exact) mass is 354 g/mol. The Morgan fingerprint density at radius 2 is 2.10 bits per heavy atom. The van der Waals surface area contributed by atoms with Gasteiger partial charge in [-0.1, -0.05) is 6.92 Å². The van der Waals surface area contributed by atoms with Crippen LogP contribution in [0.5, 0.6) is 0 Å². The Bertz CT molecular complexity index is 528. The molecule has 0 aromatic carbocycles. The first kappa shape index (κ1) is 15.1. The number of carbonyl (C=O) groups excluding carboxylic acids is 1. The Balaban J connectivity index is 1.76. The van der Waals surface area contributed by atoms with Gasteiger partial charge in [0.25, 0.3) is 5.91 Å². The number of rotatable bonds is 4. The van der Waals surface area contributed by atoms with Crippen LogP contribution >= 0.6 is 15.9 Å². The van der Waals surface area contributed by atoms with E-state index in [-0.39, 0.29) is 12.5 Å². The summed E-state index contributed by atoms with van der Waals surface area (Å²) in [6.45, 7) is 2.26. The van der Waals surface area contributed by atoms with Crippen LogP contribution in [-0.4, -0.2) is 27.7 Å². The maximum Gasteiger partial charge on any atom is 0.268 e. The van der Waals surface area contributed by atoms with Crippen LogP contribution in [0.25, 0.3) is 0 Å². The predicted molar refractivity (Wildman–Crippen MR) is 85.3 cm³/mol. The molecule has 21 heavy (non-hydrogen) atoms. The van der Waals surface area contributed by atoms with E-state index < -0.39 is 5.54 Å². The average Bonchev–Trinajstić information content (AvgIpc) is 3.24. The van der Waals surface area contributed by atoms with E-state index in [1.54, 1.807) is 0 Å². The average molecular weight is 355 g/mol. The second-order valence-corrected chi connectivity index (χ2v) is 7.67. The zero-order chi connectivity index (χ0) is 15.0. The fourth-order valence-corrected chi connectivity index (χ4v) is 3.66. The summed E-state index contributed by atoms with van der Waals surface area (Å²) in [6, 6.07) is 2.35. The van der Waals surface area contributed by atoms with Crippen LogP contribution in [0.15, 0.2) is 16.7 Å². The van der Waals surface area contributed by atoms with Crippen LogP contribution in [0.2, 0.25) is 0 Å². The summed E-state index contributed by atoms with van der Waals surface area (Å²) in [5, 5.41) is 12.9. The quantitative estimate of drug-likeness (QED) is 0.871. The zero-order valence-electron chi connectivity index (χ0n) is 12.4. The molecule has 1 heterocycles. The van der Waals surface area contributed by atoms with Crippen molar-refractivity contribution < 1.29 is 9.90 Å². The lowest BCUT2D eigenvalue weighted by molar-refractivity contribution is 0.0709. The molecule has 5 heteroatoms. The van der Waals surface area contributed by atoms with Crippen molar-refractivity contribution in [3.8, 4) is 0 Å². The molecule has 0 spiro atoms. The second-order valence-electron chi connectivity index (χ2n) is 6.76. The van der Waals surface area contributed by atoms with Crippen molar-refractivity contribution in [2.45, 2.75) is 57.0 Å². The molecule has 0 saturated heterocycles. The Hall–Kier alpha value is -0.810. The van der Waals surface area contributed by atoms with Gasteiger partial charge in [-0.25, -0.2) is 0 Å². The maximum atomic E-state index is 12.7. The number of hydrogen-bond acceptors (Lipinski definition) is 2. The van der Waals surface area contributed by atoms with Crippen LogP contribution in [0, 0.1) is 5.92 Å². The van der Waals surface area contributed by atoms with Gasteiger partial charge in [0.15, 0.2) is 0 Å². The number of carbonyl (C=O) groups is 1. The van der Waals surface area contributed by atoms with Crippen LogP contribution in [0.1, 0.15) is 62.0 Å². The van der Waals surface area contributed by atoms with Crippen LogP contribution in [0.4, 0.5) is 0 Å². The van der Waals surface area contributed by atoms with Gasteiger partial charge in [-0.15, -0.1) is 0 Å². The van der Waals surface area contributed by atoms with E-state index in [0.717, 1.165) is 43.0 Å². The number of halogens is 1. The third-order valence-corrected chi connectivity index (χ3v) is 5.33. The molecular formula is C16H23BrN2O2. The molecule has 0 atom stereocenters. The van der Waals surface area contributed by atoms with Crippen molar-refractivity contribution in [1.82, 2.24) is 9.88 Å². The molecule has 4 nitrogen and oxygen atoms in total. The molecule has 2 N–H and O–H groups in total. The van der Waals surface area contributed by atoms with Gasteiger partial charge >= 0.3 is 0 Å². The Kier molecular flexibility index (Phi) is 4.14. The lowest BCUT2D eigenvalue weighted by Gasteiger charge is -2.38. The molecule has 0 radical (unpaired) electrons. The fourth-order valence-electron chi connectivity index (χ4n) is 3.22. The first-order valence-electron chi connectivity index (χ1n) is 7.84. The lowest BCUT2D eigenvalue weighted by atomic mass is 9.77. The second kappa shape index (κ2) is 5.76. The summed E-state index contributed by atoms with van der Waals surface area (Å²) in [5.41, 5.74) is 0.269. The molecule has 1 aromatic rings. The Labute approximate surface area is 134 Å². The Morgan fingerprint density at radius 3 is 2.67 bits per heavy atom. The standard InChI is InChI=1S/C16H23BrN2O2/c1-11-4-6-16(10-20,7-5-11)18-15(21)14-8-12(17)9-19(14)13-2-3-13/h8-9,11,13,20H,2-7,10H2,1H3,(H,18,21). The van der Waals surface area contributed by atoms with E-state index in [1.807, 2.05) is 12.3 Å². The number of amides is 1. The molecule has 0 bridgehead atoms. The van der Waals surface area contributed by atoms with E-state index in [0.29, 0.717) is 17.7 Å². The molecule has 2 aliphatic carbocycles. The molecule has 2 saturated carbocycles. The largest absolute Gasteiger partial charge is 0.394 e. The normalized spacial score (nSPS) is 29.4. The van der Waals surface area contributed by atoms with Crippen molar-refractivity contribution >= 4 is 21.8 Å². The van der Waals surface area contributed by atoms with Gasteiger partial charge in [-0.3, -0.25) is 4.79 Å². The smallest absolute Gasteiger partial charge is 0.268 e. The van der Waals surface area contributed by atoms with Gasteiger partial charge in [-0.05, 0) is 66.4 Å². The van der Waals surface area contributed by atoms with E-state index in [1.165, 1.54) is 0 Å². The number of hydrogen-bond donors (Lipinski definition) is 2. The van der Waals surface area contributed by atoms with E-state index >= 15 is 0 Å². The molecular weight excluding hydrogens is 332 g/mol. The summed E-state index contributed by atoms with van der Waals surface area (Å²) in [7, 11) is 0. The van der Waals surface area contributed by atoms with Crippen LogP contribution in [0.3, 0.4) is 0 Å². The maximum absolute atomic E-state index is 12.7. The first-order valence-corrected chi connectivity index (χ1v) is 8.63. The summed E-state index contributed by atoms with van der Waals surface area (Å²) >= 11 is 3.46. The third-order valence-electron chi connectivity index (χ3n) is 4.90. The highest BCUT2D eigenvalue weighted by atomic mass is 79.9. The van der Waals surface area contributed by atoms with Gasteiger partial charge in [0.05, 0.1) is 12.1 Å². The molecule has 1 amide bonds. The van der Waals surface area contributed by atoms with Crippen molar-refractivity contribution in [2.75, 3.05) is 6.61 Å². The number of aliphatic hydroxyl groups is 1. The topological polar surface area (TPSA) is 54.3 Å². The molecule has 2 aliphatic rings. The minimum Gasteiger partial charge on any atom is -0.394 e. The highest BCUT2D eigenvalue weighted by Crippen LogP contribution is 2.38. The summed E-state index contributed by atoms with van der Waals surface area (Å²) in [4.78, 5) is 12.7. The molecule has 0 unspecified atom stereocenters.